The lowest BCUT2D eigenvalue weighted by atomic mass is 9.81. The highest BCUT2D eigenvalue weighted by Crippen LogP contribution is 2.44. The smallest absolute Gasteiger partial charge is 0.407 e. The summed E-state index contributed by atoms with van der Waals surface area (Å²) in [5, 5.41) is 14.9. The van der Waals surface area contributed by atoms with E-state index in [4.69, 9.17) is 4.74 Å². The summed E-state index contributed by atoms with van der Waals surface area (Å²) >= 11 is 0. The number of carboxylic acid groups (broad SMARTS) is 1. The Morgan fingerprint density at radius 1 is 1.00 bits per heavy atom. The lowest BCUT2D eigenvalue weighted by Gasteiger charge is -2.28. The largest absolute Gasteiger partial charge is 0.481 e. The minimum Gasteiger partial charge on any atom is -0.481 e. The maximum Gasteiger partial charge on any atom is 0.407 e. The van der Waals surface area contributed by atoms with Crippen molar-refractivity contribution in [2.24, 2.45) is 17.8 Å². The molecule has 0 aromatic heterocycles. The van der Waals surface area contributed by atoms with Gasteiger partial charge in [0, 0.05) is 12.5 Å². The fourth-order valence-corrected chi connectivity index (χ4v) is 5.36. The molecule has 0 spiro atoms. The third-order valence-electron chi connectivity index (χ3n) is 7.26. The summed E-state index contributed by atoms with van der Waals surface area (Å²) in [6.07, 6.45) is 2.39. The number of amides is 2. The van der Waals surface area contributed by atoms with Crippen molar-refractivity contribution in [3.05, 3.63) is 59.7 Å². The SMILES string of the molecule is CC(C)[C@@H](NC(=O)OCC1c2ccccc2-c2ccccc21)C(=O)NCC1CCCC(C(=O)O)C1. The van der Waals surface area contributed by atoms with E-state index >= 15 is 0 Å². The van der Waals surface area contributed by atoms with Crippen molar-refractivity contribution in [1.29, 1.82) is 0 Å². The van der Waals surface area contributed by atoms with Crippen LogP contribution in [0.1, 0.15) is 56.6 Å². The van der Waals surface area contributed by atoms with Crippen molar-refractivity contribution < 1.29 is 24.2 Å². The molecule has 2 unspecified atom stereocenters. The second kappa shape index (κ2) is 10.9. The van der Waals surface area contributed by atoms with Crippen LogP contribution in [0.4, 0.5) is 4.79 Å². The predicted molar refractivity (Wildman–Crippen MR) is 133 cm³/mol. The summed E-state index contributed by atoms with van der Waals surface area (Å²) in [5.41, 5.74) is 4.58. The Hall–Kier alpha value is -3.35. The van der Waals surface area contributed by atoms with Crippen LogP contribution in [0.5, 0.6) is 0 Å². The normalized spacial score (nSPS) is 20.0. The number of hydrogen-bond acceptors (Lipinski definition) is 4. The van der Waals surface area contributed by atoms with Gasteiger partial charge in [-0.1, -0.05) is 68.8 Å². The maximum atomic E-state index is 12.9. The molecule has 0 radical (unpaired) electrons. The van der Waals surface area contributed by atoms with Gasteiger partial charge in [-0.3, -0.25) is 9.59 Å². The van der Waals surface area contributed by atoms with E-state index < -0.39 is 18.1 Å². The van der Waals surface area contributed by atoms with E-state index in [1.165, 1.54) is 0 Å². The van der Waals surface area contributed by atoms with E-state index in [2.05, 4.69) is 34.9 Å². The lowest BCUT2D eigenvalue weighted by Crippen LogP contribution is -2.51. The number of nitrogens with one attached hydrogen (secondary N) is 2. The van der Waals surface area contributed by atoms with Crippen LogP contribution in [0, 0.1) is 17.8 Å². The first kappa shape index (κ1) is 24.8. The molecule has 4 rings (SSSR count). The van der Waals surface area contributed by atoms with E-state index in [1.807, 2.05) is 38.1 Å². The maximum absolute atomic E-state index is 12.9. The molecule has 0 bridgehead atoms. The van der Waals surface area contributed by atoms with Gasteiger partial charge in [-0.05, 0) is 53.4 Å². The Morgan fingerprint density at radius 3 is 2.23 bits per heavy atom. The zero-order valence-corrected chi connectivity index (χ0v) is 20.3. The van der Waals surface area contributed by atoms with Crippen LogP contribution in [-0.4, -0.2) is 42.3 Å². The number of aliphatic carboxylic acids is 1. The zero-order valence-electron chi connectivity index (χ0n) is 20.3. The topological polar surface area (TPSA) is 105 Å². The average Bonchev–Trinajstić information content (AvgIpc) is 3.18. The molecule has 2 amide bonds. The summed E-state index contributed by atoms with van der Waals surface area (Å²) in [6, 6.07) is 15.5. The molecular weight excluding hydrogens is 444 g/mol. The highest BCUT2D eigenvalue weighted by atomic mass is 16.5. The second-order valence-corrected chi connectivity index (χ2v) is 10.0. The minimum atomic E-state index is -0.766. The fraction of sp³-hybridized carbons (Fsp3) is 0.464. The molecule has 1 fully saturated rings. The van der Waals surface area contributed by atoms with Gasteiger partial charge in [-0.2, -0.15) is 0 Å². The summed E-state index contributed by atoms with van der Waals surface area (Å²) in [6.45, 7) is 4.34. The number of ether oxygens (including phenoxy) is 1. The quantitative estimate of drug-likeness (QED) is 0.516. The van der Waals surface area contributed by atoms with Crippen LogP contribution >= 0.6 is 0 Å². The molecule has 2 aliphatic rings. The van der Waals surface area contributed by atoms with Crippen LogP contribution in [0.15, 0.2) is 48.5 Å². The van der Waals surface area contributed by atoms with Crippen LogP contribution in [-0.2, 0) is 14.3 Å². The van der Waals surface area contributed by atoms with E-state index in [0.29, 0.717) is 19.4 Å². The van der Waals surface area contributed by atoms with E-state index in [0.717, 1.165) is 35.1 Å². The van der Waals surface area contributed by atoms with E-state index in [9.17, 15) is 19.5 Å². The number of carboxylic acids is 1. The standard InChI is InChI=1S/C28H34N2O5/c1-17(2)25(26(31)29-15-18-8-7-9-19(14-18)27(32)33)30-28(34)35-16-24-22-12-5-3-10-20(22)21-11-4-6-13-23(21)24/h3-6,10-13,17-19,24-25H,7-9,14-16H2,1-2H3,(H,29,31)(H,30,34)(H,32,33)/t18?,19?,25-/m1/s1. The molecular formula is C28H34N2O5. The third kappa shape index (κ3) is 5.66. The molecule has 0 aliphatic heterocycles. The summed E-state index contributed by atoms with van der Waals surface area (Å²) < 4.78 is 5.61. The van der Waals surface area contributed by atoms with Crippen LogP contribution in [0.3, 0.4) is 0 Å². The van der Waals surface area contributed by atoms with Gasteiger partial charge in [0.1, 0.15) is 12.6 Å². The molecule has 7 nitrogen and oxygen atoms in total. The molecule has 7 heteroatoms. The highest BCUT2D eigenvalue weighted by molar-refractivity contribution is 5.86. The molecule has 3 N–H and O–H groups in total. The third-order valence-corrected chi connectivity index (χ3v) is 7.26. The fourth-order valence-electron chi connectivity index (χ4n) is 5.36. The van der Waals surface area contributed by atoms with Gasteiger partial charge in [-0.25, -0.2) is 4.79 Å². The molecule has 2 aromatic carbocycles. The Morgan fingerprint density at radius 2 is 1.63 bits per heavy atom. The summed E-state index contributed by atoms with van der Waals surface area (Å²) in [4.78, 5) is 36.9. The molecule has 0 saturated heterocycles. The molecule has 35 heavy (non-hydrogen) atoms. The number of carbonyl (C=O) groups excluding carboxylic acids is 2. The van der Waals surface area contributed by atoms with Crippen LogP contribution in [0.2, 0.25) is 0 Å². The van der Waals surface area contributed by atoms with Crippen LogP contribution in [0.25, 0.3) is 11.1 Å². The van der Waals surface area contributed by atoms with E-state index in [1.54, 1.807) is 0 Å². The van der Waals surface area contributed by atoms with Gasteiger partial charge in [0.2, 0.25) is 5.91 Å². The Bertz CT molecular complexity index is 1040. The van der Waals surface area contributed by atoms with Gasteiger partial charge in [-0.15, -0.1) is 0 Å². The van der Waals surface area contributed by atoms with E-state index in [-0.39, 0.29) is 36.2 Å². The molecule has 1 saturated carbocycles. The van der Waals surface area contributed by atoms with Gasteiger partial charge in [0.25, 0.3) is 0 Å². The average molecular weight is 479 g/mol. The Labute approximate surface area is 206 Å². The first-order valence-corrected chi connectivity index (χ1v) is 12.5. The van der Waals surface area contributed by atoms with Gasteiger partial charge < -0.3 is 20.5 Å². The molecule has 0 heterocycles. The summed E-state index contributed by atoms with van der Waals surface area (Å²) in [7, 11) is 0. The first-order valence-electron chi connectivity index (χ1n) is 12.5. The number of alkyl carbamates (subject to hydrolysis) is 1. The van der Waals surface area contributed by atoms with Crippen molar-refractivity contribution in [1.82, 2.24) is 10.6 Å². The van der Waals surface area contributed by atoms with Crippen molar-refractivity contribution in [2.45, 2.75) is 51.5 Å². The summed E-state index contributed by atoms with van der Waals surface area (Å²) in [5.74, 6) is -1.42. The number of rotatable bonds is 8. The first-order chi connectivity index (χ1) is 16.8. The molecule has 186 valence electrons. The number of benzene rings is 2. The lowest BCUT2D eigenvalue weighted by molar-refractivity contribution is -0.143. The Kier molecular flexibility index (Phi) is 7.73. The van der Waals surface area contributed by atoms with Crippen molar-refractivity contribution in [3.8, 4) is 11.1 Å². The highest BCUT2D eigenvalue weighted by Gasteiger charge is 2.31. The Balaban J connectivity index is 1.32. The van der Waals surface area contributed by atoms with Gasteiger partial charge >= 0.3 is 12.1 Å². The zero-order chi connectivity index (χ0) is 24.9. The number of fused-ring (bicyclic) bond motifs is 3. The van der Waals surface area contributed by atoms with Crippen molar-refractivity contribution >= 4 is 18.0 Å². The van der Waals surface area contributed by atoms with Crippen LogP contribution < -0.4 is 10.6 Å². The van der Waals surface area contributed by atoms with Gasteiger partial charge in [0.15, 0.2) is 0 Å². The number of hydrogen-bond donors (Lipinski definition) is 3. The monoisotopic (exact) mass is 478 g/mol. The van der Waals surface area contributed by atoms with Gasteiger partial charge in [0.05, 0.1) is 5.92 Å². The molecule has 2 aliphatic carbocycles. The molecule has 3 atom stereocenters. The van der Waals surface area contributed by atoms with Crippen molar-refractivity contribution in [2.75, 3.05) is 13.2 Å². The minimum absolute atomic E-state index is 0.0482. The predicted octanol–water partition coefficient (Wildman–Crippen LogP) is 4.56. The number of carbonyl (C=O) groups is 3. The van der Waals surface area contributed by atoms with Crippen molar-refractivity contribution in [3.63, 3.8) is 0 Å². The molecule has 2 aromatic rings. The second-order valence-electron chi connectivity index (χ2n) is 10.0.